The first-order chi connectivity index (χ1) is 12.6. The van der Waals surface area contributed by atoms with Crippen molar-refractivity contribution >= 4 is 11.9 Å². The van der Waals surface area contributed by atoms with E-state index in [9.17, 15) is 9.18 Å². The van der Waals surface area contributed by atoms with Gasteiger partial charge in [-0.1, -0.05) is 6.07 Å². The third-order valence-electron chi connectivity index (χ3n) is 4.49. The highest BCUT2D eigenvalue weighted by Crippen LogP contribution is 2.19. The molecule has 0 spiro atoms. The molecule has 0 aromatic heterocycles. The van der Waals surface area contributed by atoms with Crippen molar-refractivity contribution in [3.63, 3.8) is 0 Å². The number of piperidine rings is 1. The quantitative estimate of drug-likeness (QED) is 0.476. The van der Waals surface area contributed by atoms with Crippen LogP contribution in [0.1, 0.15) is 30.9 Å². The van der Waals surface area contributed by atoms with Gasteiger partial charge < -0.3 is 19.7 Å². The highest BCUT2D eigenvalue weighted by atomic mass is 19.1. The molecule has 0 bridgehead atoms. The number of nitrogens with one attached hydrogen (secondary N) is 1. The lowest BCUT2D eigenvalue weighted by Crippen LogP contribution is -2.46. The summed E-state index contributed by atoms with van der Waals surface area (Å²) < 4.78 is 23.6. The van der Waals surface area contributed by atoms with E-state index in [0.717, 1.165) is 44.0 Å². The van der Waals surface area contributed by atoms with Gasteiger partial charge in [0.15, 0.2) is 5.96 Å². The van der Waals surface area contributed by atoms with Crippen molar-refractivity contribution in [1.29, 1.82) is 0 Å². The maximum atomic E-state index is 13.7. The van der Waals surface area contributed by atoms with Crippen LogP contribution in [0.5, 0.6) is 0 Å². The Kier molecular flexibility index (Phi) is 7.84. The molecule has 0 aliphatic carbocycles. The van der Waals surface area contributed by atoms with Crippen LogP contribution in [0.3, 0.4) is 0 Å². The summed E-state index contributed by atoms with van der Waals surface area (Å²) in [6, 6.07) is 4.98. The van der Waals surface area contributed by atoms with E-state index in [0.29, 0.717) is 12.1 Å². The molecule has 1 saturated heterocycles. The molecule has 6 nitrogen and oxygen atoms in total. The van der Waals surface area contributed by atoms with E-state index in [-0.39, 0.29) is 24.3 Å². The number of hydrogen-bond donors (Lipinski definition) is 1. The van der Waals surface area contributed by atoms with Gasteiger partial charge in [-0.05, 0) is 37.5 Å². The van der Waals surface area contributed by atoms with Crippen LogP contribution in [-0.2, 0) is 27.4 Å². The monoisotopic (exact) mass is 365 g/mol. The molecule has 1 N–H and O–H groups in total. The van der Waals surface area contributed by atoms with Gasteiger partial charge in [-0.25, -0.2) is 9.38 Å². The molecule has 1 aromatic rings. The van der Waals surface area contributed by atoms with E-state index in [2.05, 4.69) is 15.2 Å². The second-order valence-electron chi connectivity index (χ2n) is 6.31. The van der Waals surface area contributed by atoms with Gasteiger partial charge in [-0.2, -0.15) is 0 Å². The van der Waals surface area contributed by atoms with Crippen LogP contribution < -0.4 is 5.32 Å². The van der Waals surface area contributed by atoms with Gasteiger partial charge in [-0.3, -0.25) is 4.79 Å². The molecule has 0 radical (unpaired) electrons. The maximum absolute atomic E-state index is 13.7. The average Bonchev–Trinajstić information content (AvgIpc) is 2.67. The smallest absolute Gasteiger partial charge is 0.308 e. The van der Waals surface area contributed by atoms with Crippen LogP contribution in [0.25, 0.3) is 0 Å². The molecular weight excluding hydrogens is 337 g/mol. The molecule has 1 aliphatic rings. The van der Waals surface area contributed by atoms with Gasteiger partial charge in [0.1, 0.15) is 5.82 Å². The van der Waals surface area contributed by atoms with Crippen molar-refractivity contribution in [2.45, 2.75) is 32.9 Å². The highest BCUT2D eigenvalue weighted by molar-refractivity contribution is 5.80. The second kappa shape index (κ2) is 10.1. The van der Waals surface area contributed by atoms with E-state index in [4.69, 9.17) is 9.47 Å². The minimum atomic E-state index is -0.267. The van der Waals surface area contributed by atoms with Gasteiger partial charge in [0.25, 0.3) is 0 Å². The molecule has 1 heterocycles. The zero-order valence-corrected chi connectivity index (χ0v) is 15.8. The predicted octanol–water partition coefficient (Wildman–Crippen LogP) is 2.32. The summed E-state index contributed by atoms with van der Waals surface area (Å²) in [5, 5.41) is 3.29. The van der Waals surface area contributed by atoms with Gasteiger partial charge in [0.05, 0.1) is 26.2 Å². The predicted molar refractivity (Wildman–Crippen MR) is 98.2 cm³/mol. The molecule has 144 valence electrons. The van der Waals surface area contributed by atoms with Crippen LogP contribution in [0.2, 0.25) is 0 Å². The number of nitrogens with zero attached hydrogens (tertiary/aromatic N) is 2. The zero-order valence-electron chi connectivity index (χ0n) is 15.8. The molecule has 0 atom stereocenters. The molecule has 2 rings (SSSR count). The van der Waals surface area contributed by atoms with Crippen LogP contribution in [0, 0.1) is 11.7 Å². The average molecular weight is 365 g/mol. The number of aliphatic imine (C=N–C) groups is 1. The first-order valence-electron chi connectivity index (χ1n) is 8.96. The summed E-state index contributed by atoms with van der Waals surface area (Å²) in [6.07, 6.45) is 1.51. The topological polar surface area (TPSA) is 63.2 Å². The Labute approximate surface area is 154 Å². The Hall–Kier alpha value is -2.15. The second-order valence-corrected chi connectivity index (χ2v) is 6.31. The first kappa shape index (κ1) is 20.2. The van der Waals surface area contributed by atoms with Crippen LogP contribution >= 0.6 is 0 Å². The number of likely N-dealkylation sites (tertiary alicyclic amines) is 1. The minimum absolute atomic E-state index is 0.0344. The van der Waals surface area contributed by atoms with Crippen LogP contribution in [0.4, 0.5) is 4.39 Å². The molecule has 1 fully saturated rings. The van der Waals surface area contributed by atoms with E-state index >= 15 is 0 Å². The first-order valence-corrected chi connectivity index (χ1v) is 8.96. The lowest BCUT2D eigenvalue weighted by molar-refractivity contribution is -0.146. The number of hydrogen-bond acceptors (Lipinski definition) is 4. The number of carbonyl (C=O) groups is 1. The SMILES string of the molecule is CCNC(=NCc1ccc(F)c(COC)c1)N1CCC(C(=O)OC)CC1. The van der Waals surface area contributed by atoms with Crippen LogP contribution in [-0.4, -0.2) is 50.7 Å². The van der Waals surface area contributed by atoms with E-state index < -0.39 is 0 Å². The molecule has 0 saturated carbocycles. The number of ether oxygens (including phenoxy) is 2. The molecule has 26 heavy (non-hydrogen) atoms. The van der Waals surface area contributed by atoms with Gasteiger partial charge in [-0.15, -0.1) is 0 Å². The third kappa shape index (κ3) is 5.42. The zero-order chi connectivity index (χ0) is 18.9. The number of guanidine groups is 1. The van der Waals surface area contributed by atoms with E-state index in [1.807, 2.05) is 6.92 Å². The Balaban J connectivity index is 2.03. The molecule has 0 amide bonds. The van der Waals surface area contributed by atoms with E-state index in [1.165, 1.54) is 13.2 Å². The Morgan fingerprint density at radius 3 is 2.69 bits per heavy atom. The Bertz CT molecular complexity index is 628. The number of benzene rings is 1. The summed E-state index contributed by atoms with van der Waals surface area (Å²) in [7, 11) is 2.98. The van der Waals surface area contributed by atoms with Crippen molar-refractivity contribution in [3.05, 3.63) is 35.1 Å². The molecule has 1 aromatic carbocycles. The standard InChI is InChI=1S/C19H28FN3O3/c1-4-21-19(23-9-7-15(8-10-23)18(24)26-3)22-12-14-5-6-17(20)16(11-14)13-25-2/h5-6,11,15H,4,7-10,12-13H2,1-3H3,(H,21,22). The van der Waals surface area contributed by atoms with Gasteiger partial charge in [0, 0.05) is 32.3 Å². The Morgan fingerprint density at radius 2 is 2.08 bits per heavy atom. The third-order valence-corrected chi connectivity index (χ3v) is 4.49. The Morgan fingerprint density at radius 1 is 1.35 bits per heavy atom. The van der Waals surface area contributed by atoms with Crippen LogP contribution in [0.15, 0.2) is 23.2 Å². The fraction of sp³-hybridized carbons (Fsp3) is 0.579. The van der Waals surface area contributed by atoms with Gasteiger partial charge >= 0.3 is 5.97 Å². The van der Waals surface area contributed by atoms with Crippen molar-refractivity contribution < 1.29 is 18.7 Å². The largest absolute Gasteiger partial charge is 0.469 e. The fourth-order valence-corrected chi connectivity index (χ4v) is 3.08. The highest BCUT2D eigenvalue weighted by Gasteiger charge is 2.26. The van der Waals surface area contributed by atoms with Crippen molar-refractivity contribution in [1.82, 2.24) is 10.2 Å². The lowest BCUT2D eigenvalue weighted by atomic mass is 9.97. The normalized spacial score (nSPS) is 15.8. The van der Waals surface area contributed by atoms with Crippen molar-refractivity contribution in [2.75, 3.05) is 33.9 Å². The van der Waals surface area contributed by atoms with Crippen molar-refractivity contribution in [3.8, 4) is 0 Å². The number of carbonyl (C=O) groups excluding carboxylic acids is 1. The molecule has 7 heteroatoms. The summed E-state index contributed by atoms with van der Waals surface area (Å²) >= 11 is 0. The number of methoxy groups -OCH3 is 2. The summed E-state index contributed by atoms with van der Waals surface area (Å²) in [5.41, 5.74) is 1.46. The summed E-state index contributed by atoms with van der Waals surface area (Å²) in [5.74, 6) is 0.376. The maximum Gasteiger partial charge on any atom is 0.308 e. The summed E-state index contributed by atoms with van der Waals surface area (Å²) in [4.78, 5) is 18.5. The fourth-order valence-electron chi connectivity index (χ4n) is 3.08. The molecular formula is C19H28FN3O3. The molecule has 0 unspecified atom stereocenters. The van der Waals surface area contributed by atoms with Gasteiger partial charge in [0.2, 0.25) is 0 Å². The number of rotatable bonds is 6. The minimum Gasteiger partial charge on any atom is -0.469 e. The molecule has 1 aliphatic heterocycles. The number of halogens is 1. The van der Waals surface area contributed by atoms with Crippen molar-refractivity contribution in [2.24, 2.45) is 10.9 Å². The summed E-state index contributed by atoms with van der Waals surface area (Å²) in [6.45, 7) is 4.98. The number of esters is 1. The lowest BCUT2D eigenvalue weighted by Gasteiger charge is -2.33. The van der Waals surface area contributed by atoms with E-state index in [1.54, 1.807) is 19.2 Å².